The van der Waals surface area contributed by atoms with Crippen LogP contribution in [0.1, 0.15) is 29.8 Å². The van der Waals surface area contributed by atoms with Crippen molar-refractivity contribution in [1.29, 1.82) is 0 Å². The summed E-state index contributed by atoms with van der Waals surface area (Å²) in [4.78, 5) is 37.9. The molecule has 1 fully saturated rings. The predicted octanol–water partition coefficient (Wildman–Crippen LogP) is -1.85. The van der Waals surface area contributed by atoms with E-state index in [4.69, 9.17) is 4.74 Å². The van der Waals surface area contributed by atoms with E-state index in [2.05, 4.69) is 11.8 Å². The van der Waals surface area contributed by atoms with E-state index in [0.717, 1.165) is 11.1 Å². The molecular weight excluding hydrogens is 445 g/mol. The number of β-lactam (4-membered cyclic amide) rings is 1. The molecule has 7 nitrogen and oxygen atoms in total. The van der Waals surface area contributed by atoms with Crippen molar-refractivity contribution in [3.63, 3.8) is 0 Å². The van der Waals surface area contributed by atoms with E-state index in [1.807, 2.05) is 18.2 Å². The first-order chi connectivity index (χ1) is 15.8. The van der Waals surface area contributed by atoms with Crippen LogP contribution in [0, 0.1) is 23.7 Å². The number of ketones is 1. The Hall–Kier alpha value is -2.89. The first kappa shape index (κ1) is 24.2. The van der Waals surface area contributed by atoms with E-state index < -0.39 is 29.9 Å². The van der Waals surface area contributed by atoms with Gasteiger partial charge in [0.05, 0.1) is 29.7 Å². The molecular formula is C26H20NNaO6. The molecule has 5 rings (SSSR count). The van der Waals surface area contributed by atoms with Crippen LogP contribution in [0.25, 0.3) is 11.1 Å². The number of aliphatic hydroxyl groups is 1. The van der Waals surface area contributed by atoms with Crippen LogP contribution in [0.15, 0.2) is 53.7 Å². The van der Waals surface area contributed by atoms with Crippen LogP contribution >= 0.6 is 0 Å². The van der Waals surface area contributed by atoms with Gasteiger partial charge in [-0.1, -0.05) is 55.2 Å². The monoisotopic (exact) mass is 465 g/mol. The number of carbonyl (C=O) groups is 3. The van der Waals surface area contributed by atoms with E-state index >= 15 is 0 Å². The van der Waals surface area contributed by atoms with Gasteiger partial charge in [0, 0.05) is 28.2 Å². The van der Waals surface area contributed by atoms with E-state index in [9.17, 15) is 24.6 Å². The van der Waals surface area contributed by atoms with E-state index in [1.165, 1.54) is 11.8 Å². The van der Waals surface area contributed by atoms with Gasteiger partial charge in [-0.15, -0.1) is 0 Å². The quantitative estimate of drug-likeness (QED) is 0.275. The van der Waals surface area contributed by atoms with Gasteiger partial charge in [0.2, 0.25) is 5.91 Å². The first-order valence-electron chi connectivity index (χ1n) is 10.7. The van der Waals surface area contributed by atoms with Gasteiger partial charge in [0.25, 0.3) is 0 Å². The third-order valence-corrected chi connectivity index (χ3v) is 6.60. The largest absolute Gasteiger partial charge is 1.00 e. The van der Waals surface area contributed by atoms with Gasteiger partial charge in [-0.05, 0) is 18.6 Å². The third-order valence-electron chi connectivity index (χ3n) is 6.60. The molecule has 34 heavy (non-hydrogen) atoms. The maximum absolute atomic E-state index is 12.6. The molecule has 0 bridgehead atoms. The molecule has 1 aliphatic carbocycles. The summed E-state index contributed by atoms with van der Waals surface area (Å²) in [7, 11) is 0. The normalized spacial score (nSPS) is 22.6. The summed E-state index contributed by atoms with van der Waals surface area (Å²) in [5.74, 6) is 3.24. The molecule has 166 valence electrons. The minimum absolute atomic E-state index is 0. The van der Waals surface area contributed by atoms with Gasteiger partial charge in [0.15, 0.2) is 5.78 Å². The second-order valence-electron chi connectivity index (χ2n) is 8.45. The van der Waals surface area contributed by atoms with Crippen LogP contribution in [0.3, 0.4) is 0 Å². The Morgan fingerprint density at radius 2 is 1.82 bits per heavy atom. The fraction of sp³-hybridized carbons (Fsp3) is 0.269. The average molecular weight is 465 g/mol. The van der Waals surface area contributed by atoms with Gasteiger partial charge in [0.1, 0.15) is 12.4 Å². The Morgan fingerprint density at radius 1 is 1.15 bits per heavy atom. The standard InChI is InChI=1S/C26H21NO6.Na/c1-13-15(23(26(31)32)27-22(13)20(14(2)28)25(27)30)10-6-12-33-19-11-5-9-18-21(19)16-7-3-4-8-17(16)24(18)29;/h3-5,7-9,11,13-14,20,22,28H,12H2,1-2H3,(H,31,32);/q;+1/p-1/t13?,14?,20?,22-;/m1./s1. The topological polar surface area (TPSA) is 107 Å². The number of carbonyl (C=O) groups excluding carboxylic acids is 3. The molecule has 0 spiro atoms. The Balaban J connectivity index is 0.00000274. The molecule has 8 heteroatoms. The Morgan fingerprint density at radius 3 is 2.50 bits per heavy atom. The summed E-state index contributed by atoms with van der Waals surface area (Å²) in [6, 6.07) is 12.1. The van der Waals surface area contributed by atoms with Crippen LogP contribution in [-0.4, -0.2) is 46.4 Å². The number of aliphatic carboxylic acids is 1. The number of hydrogen-bond donors (Lipinski definition) is 1. The molecule has 2 aromatic carbocycles. The molecule has 2 aliphatic heterocycles. The summed E-state index contributed by atoms with van der Waals surface area (Å²) >= 11 is 0. The van der Waals surface area contributed by atoms with Crippen molar-refractivity contribution >= 4 is 17.7 Å². The van der Waals surface area contributed by atoms with Crippen molar-refractivity contribution in [3.05, 3.63) is 64.9 Å². The van der Waals surface area contributed by atoms with Crippen LogP contribution in [0.5, 0.6) is 5.75 Å². The second kappa shape index (κ2) is 9.05. The fourth-order valence-corrected chi connectivity index (χ4v) is 5.12. The smallest absolute Gasteiger partial charge is 0.543 e. The Bertz CT molecular complexity index is 1320. The summed E-state index contributed by atoms with van der Waals surface area (Å²) in [6.07, 6.45) is -0.884. The molecule has 4 atom stereocenters. The Labute approximate surface area is 218 Å². The average Bonchev–Trinajstić information content (AvgIpc) is 3.21. The number of fused-ring (bicyclic) bond motifs is 4. The van der Waals surface area contributed by atoms with Crippen molar-refractivity contribution < 1.29 is 58.9 Å². The summed E-state index contributed by atoms with van der Waals surface area (Å²) in [5.41, 5.74) is 2.78. The summed E-state index contributed by atoms with van der Waals surface area (Å²) in [6.45, 7) is 3.26. The Kier molecular flexibility index (Phi) is 6.45. The van der Waals surface area contributed by atoms with Crippen LogP contribution in [-0.2, 0) is 9.59 Å². The zero-order valence-electron chi connectivity index (χ0n) is 19.0. The first-order valence-corrected chi connectivity index (χ1v) is 10.7. The van der Waals surface area contributed by atoms with Gasteiger partial charge in [-0.2, -0.15) is 0 Å². The molecule has 2 heterocycles. The molecule has 1 saturated heterocycles. The van der Waals surface area contributed by atoms with E-state index in [1.54, 1.807) is 31.2 Å². The number of nitrogens with zero attached hydrogens (tertiary/aromatic N) is 1. The molecule has 0 radical (unpaired) electrons. The van der Waals surface area contributed by atoms with Crippen molar-refractivity contribution in [2.75, 3.05) is 6.61 Å². The van der Waals surface area contributed by atoms with Gasteiger partial charge in [-0.3, -0.25) is 9.59 Å². The van der Waals surface area contributed by atoms with Crippen LogP contribution in [0.2, 0.25) is 0 Å². The van der Waals surface area contributed by atoms with Gasteiger partial charge < -0.3 is 24.6 Å². The number of benzene rings is 2. The molecule has 0 aromatic heterocycles. The van der Waals surface area contributed by atoms with Crippen molar-refractivity contribution in [1.82, 2.24) is 4.90 Å². The number of rotatable bonds is 4. The molecule has 1 N–H and O–H groups in total. The molecule has 3 unspecified atom stereocenters. The fourth-order valence-electron chi connectivity index (χ4n) is 5.12. The van der Waals surface area contributed by atoms with Gasteiger partial charge in [-0.25, -0.2) is 0 Å². The number of carboxylic acids is 1. The van der Waals surface area contributed by atoms with E-state index in [-0.39, 0.29) is 53.6 Å². The zero-order valence-corrected chi connectivity index (χ0v) is 21.0. The van der Waals surface area contributed by atoms with Gasteiger partial charge >= 0.3 is 29.6 Å². The number of hydrogen-bond acceptors (Lipinski definition) is 6. The third kappa shape index (κ3) is 3.50. The minimum Gasteiger partial charge on any atom is -0.543 e. The number of amides is 1. The molecule has 0 saturated carbocycles. The van der Waals surface area contributed by atoms with Crippen molar-refractivity contribution in [3.8, 4) is 28.7 Å². The maximum atomic E-state index is 12.6. The number of aliphatic hydroxyl groups excluding tert-OH is 1. The molecule has 1 amide bonds. The SMILES string of the molecule is CC(O)C1C(=O)N2C(C(=O)[O-])=C(C#CCOc3cccc4c3-c3ccccc3C4=O)C(C)[C@H]12.[Na+]. The zero-order chi connectivity index (χ0) is 23.4. The number of carboxylic acid groups (broad SMARTS) is 1. The van der Waals surface area contributed by atoms with Crippen LogP contribution in [0.4, 0.5) is 0 Å². The second-order valence-corrected chi connectivity index (χ2v) is 8.45. The molecule has 3 aliphatic rings. The summed E-state index contributed by atoms with van der Waals surface area (Å²) in [5, 5.41) is 21.7. The molecule has 2 aromatic rings. The van der Waals surface area contributed by atoms with E-state index in [0.29, 0.717) is 22.4 Å². The maximum Gasteiger partial charge on any atom is 1.00 e. The number of ether oxygens (including phenoxy) is 1. The van der Waals surface area contributed by atoms with Crippen molar-refractivity contribution in [2.24, 2.45) is 11.8 Å². The van der Waals surface area contributed by atoms with Crippen LogP contribution < -0.4 is 39.4 Å². The minimum atomic E-state index is -1.47. The summed E-state index contributed by atoms with van der Waals surface area (Å²) < 4.78 is 5.86. The predicted molar refractivity (Wildman–Crippen MR) is 116 cm³/mol. The van der Waals surface area contributed by atoms with Crippen molar-refractivity contribution in [2.45, 2.75) is 26.0 Å².